The fourth-order valence-electron chi connectivity index (χ4n) is 2.11. The van der Waals surface area contributed by atoms with Gasteiger partial charge in [0.05, 0.1) is 0 Å². The van der Waals surface area contributed by atoms with Gasteiger partial charge in [0.1, 0.15) is 0 Å². The van der Waals surface area contributed by atoms with E-state index in [1.54, 1.807) is 0 Å². The second kappa shape index (κ2) is 3.67. The molecule has 1 aliphatic rings. The Kier molecular flexibility index (Phi) is 2.97. The maximum absolute atomic E-state index is 6.23. The quantitative estimate of drug-likeness (QED) is 0.660. The molecule has 1 aliphatic carbocycles. The fraction of sp³-hybridized carbons (Fsp3) is 0.667. The molecule has 0 aromatic carbocycles. The van der Waals surface area contributed by atoms with Crippen LogP contribution in [0.15, 0.2) is 24.3 Å². The summed E-state index contributed by atoms with van der Waals surface area (Å²) in [4.78, 5) is 0. The van der Waals surface area contributed by atoms with Crippen LogP contribution in [0.1, 0.15) is 33.6 Å². The average Bonchev–Trinajstić information content (AvgIpc) is 2.83. The van der Waals surface area contributed by atoms with Gasteiger partial charge >= 0.3 is 0 Å². The van der Waals surface area contributed by atoms with Crippen LogP contribution in [0.3, 0.4) is 0 Å². The summed E-state index contributed by atoms with van der Waals surface area (Å²) in [5.74, 6) is 0.462. The summed E-state index contributed by atoms with van der Waals surface area (Å²) < 4.78 is 0. The van der Waals surface area contributed by atoms with Gasteiger partial charge in [-0.05, 0) is 32.6 Å². The SMILES string of the molecule is C=C(C)C1([C@H](N)C(C)/C=C\C)CC1. The summed E-state index contributed by atoms with van der Waals surface area (Å²) in [5.41, 5.74) is 7.76. The van der Waals surface area contributed by atoms with Gasteiger partial charge in [0, 0.05) is 11.5 Å². The fourth-order valence-corrected chi connectivity index (χ4v) is 2.11. The van der Waals surface area contributed by atoms with E-state index < -0.39 is 0 Å². The number of hydrogen-bond acceptors (Lipinski definition) is 1. The van der Waals surface area contributed by atoms with Crippen LogP contribution in [0, 0.1) is 11.3 Å². The summed E-state index contributed by atoms with van der Waals surface area (Å²) in [6.45, 7) is 10.4. The van der Waals surface area contributed by atoms with Gasteiger partial charge in [-0.15, -0.1) is 0 Å². The molecule has 1 nitrogen and oxygen atoms in total. The molecule has 0 aromatic heterocycles. The molecule has 2 atom stereocenters. The second-order valence-corrected chi connectivity index (χ2v) is 4.35. The van der Waals surface area contributed by atoms with Crippen molar-refractivity contribution in [2.45, 2.75) is 39.7 Å². The number of hydrogen-bond donors (Lipinski definition) is 1. The van der Waals surface area contributed by atoms with E-state index in [9.17, 15) is 0 Å². The minimum atomic E-state index is 0.251. The summed E-state index contributed by atoms with van der Waals surface area (Å²) in [6.07, 6.45) is 6.73. The molecule has 74 valence electrons. The van der Waals surface area contributed by atoms with Crippen LogP contribution >= 0.6 is 0 Å². The van der Waals surface area contributed by atoms with Crippen LogP contribution in [0.25, 0.3) is 0 Å². The summed E-state index contributed by atoms with van der Waals surface area (Å²) in [5, 5.41) is 0. The normalized spacial score (nSPS) is 24.3. The Morgan fingerprint density at radius 1 is 1.54 bits per heavy atom. The highest BCUT2D eigenvalue weighted by Crippen LogP contribution is 2.54. The molecule has 13 heavy (non-hydrogen) atoms. The lowest BCUT2D eigenvalue weighted by atomic mass is 9.82. The van der Waals surface area contributed by atoms with E-state index in [0.29, 0.717) is 5.92 Å². The van der Waals surface area contributed by atoms with Crippen molar-refractivity contribution in [3.63, 3.8) is 0 Å². The predicted octanol–water partition coefficient (Wildman–Crippen LogP) is 2.88. The highest BCUT2D eigenvalue weighted by atomic mass is 14.8. The third kappa shape index (κ3) is 1.86. The van der Waals surface area contributed by atoms with Crippen molar-refractivity contribution in [3.8, 4) is 0 Å². The predicted molar refractivity (Wildman–Crippen MR) is 58.4 cm³/mol. The standard InChI is InChI=1S/C12H21N/c1-5-6-10(4)11(13)12(7-8-12)9(2)3/h5-6,10-11H,2,7-8,13H2,1,3-4H3/b6-5-/t10?,11-/m1/s1. The molecule has 0 aromatic rings. The Labute approximate surface area is 81.7 Å². The zero-order valence-electron chi connectivity index (χ0n) is 9.01. The lowest BCUT2D eigenvalue weighted by molar-refractivity contribution is 0.389. The Bertz CT molecular complexity index is 223. The number of allylic oxidation sites excluding steroid dienone is 1. The number of rotatable bonds is 4. The van der Waals surface area contributed by atoms with Crippen molar-refractivity contribution in [1.82, 2.24) is 0 Å². The van der Waals surface area contributed by atoms with E-state index in [0.717, 1.165) is 0 Å². The molecule has 1 unspecified atom stereocenters. The first kappa shape index (κ1) is 10.5. The van der Waals surface area contributed by atoms with Crippen molar-refractivity contribution in [3.05, 3.63) is 24.3 Å². The van der Waals surface area contributed by atoms with Crippen molar-refractivity contribution in [2.75, 3.05) is 0 Å². The molecule has 0 bridgehead atoms. The Morgan fingerprint density at radius 3 is 2.38 bits per heavy atom. The zero-order chi connectivity index (χ0) is 10.1. The molecule has 1 saturated carbocycles. The van der Waals surface area contributed by atoms with Gasteiger partial charge in [-0.1, -0.05) is 31.2 Å². The third-order valence-corrected chi connectivity index (χ3v) is 3.34. The highest BCUT2D eigenvalue weighted by molar-refractivity contribution is 5.22. The van der Waals surface area contributed by atoms with Gasteiger partial charge in [0.25, 0.3) is 0 Å². The van der Waals surface area contributed by atoms with Gasteiger partial charge in [-0.25, -0.2) is 0 Å². The summed E-state index contributed by atoms with van der Waals surface area (Å²) >= 11 is 0. The molecule has 0 spiro atoms. The Balaban J connectivity index is 2.66. The van der Waals surface area contributed by atoms with Crippen LogP contribution in [0.4, 0.5) is 0 Å². The maximum atomic E-state index is 6.23. The van der Waals surface area contributed by atoms with Crippen LogP contribution in [-0.4, -0.2) is 6.04 Å². The molecule has 2 N–H and O–H groups in total. The third-order valence-electron chi connectivity index (χ3n) is 3.34. The first-order valence-electron chi connectivity index (χ1n) is 5.09. The molecule has 0 aliphatic heterocycles. The molecule has 0 amide bonds. The molecule has 0 heterocycles. The smallest absolute Gasteiger partial charge is 0.0194 e. The van der Waals surface area contributed by atoms with Crippen LogP contribution in [-0.2, 0) is 0 Å². The van der Waals surface area contributed by atoms with E-state index in [1.165, 1.54) is 18.4 Å². The van der Waals surface area contributed by atoms with Crippen LogP contribution in [0.5, 0.6) is 0 Å². The van der Waals surface area contributed by atoms with Gasteiger partial charge in [0.2, 0.25) is 0 Å². The maximum Gasteiger partial charge on any atom is 0.0194 e. The molecule has 1 heteroatoms. The molecular weight excluding hydrogens is 158 g/mol. The van der Waals surface area contributed by atoms with Gasteiger partial charge in [-0.2, -0.15) is 0 Å². The Hall–Kier alpha value is -0.560. The minimum Gasteiger partial charge on any atom is -0.326 e. The molecule has 1 rings (SSSR count). The first-order valence-corrected chi connectivity index (χ1v) is 5.09. The van der Waals surface area contributed by atoms with Gasteiger partial charge < -0.3 is 5.73 Å². The van der Waals surface area contributed by atoms with E-state index >= 15 is 0 Å². The second-order valence-electron chi connectivity index (χ2n) is 4.35. The van der Waals surface area contributed by atoms with Crippen molar-refractivity contribution < 1.29 is 0 Å². The van der Waals surface area contributed by atoms with Crippen molar-refractivity contribution in [2.24, 2.45) is 17.1 Å². The monoisotopic (exact) mass is 179 g/mol. The largest absolute Gasteiger partial charge is 0.326 e. The molecule has 1 fully saturated rings. The zero-order valence-corrected chi connectivity index (χ0v) is 9.01. The summed E-state index contributed by atoms with van der Waals surface area (Å²) in [7, 11) is 0. The average molecular weight is 179 g/mol. The highest BCUT2D eigenvalue weighted by Gasteiger charge is 2.49. The molecule has 0 saturated heterocycles. The molecule has 0 radical (unpaired) electrons. The van der Waals surface area contributed by atoms with Crippen LogP contribution in [0.2, 0.25) is 0 Å². The molecular formula is C12H21N. The lowest BCUT2D eigenvalue weighted by Crippen LogP contribution is -2.37. The minimum absolute atomic E-state index is 0.251. The summed E-state index contributed by atoms with van der Waals surface area (Å²) in [6, 6.07) is 0.251. The number of nitrogens with two attached hydrogens (primary N) is 1. The van der Waals surface area contributed by atoms with Crippen LogP contribution < -0.4 is 5.73 Å². The van der Waals surface area contributed by atoms with E-state index in [2.05, 4.69) is 32.6 Å². The lowest BCUT2D eigenvalue weighted by Gasteiger charge is -2.27. The van der Waals surface area contributed by atoms with Crippen molar-refractivity contribution in [1.29, 1.82) is 0 Å². The van der Waals surface area contributed by atoms with Crippen molar-refractivity contribution >= 4 is 0 Å². The Morgan fingerprint density at radius 2 is 2.08 bits per heavy atom. The van der Waals surface area contributed by atoms with E-state index in [4.69, 9.17) is 5.73 Å². The first-order chi connectivity index (χ1) is 6.04. The van der Waals surface area contributed by atoms with E-state index in [1.807, 2.05) is 6.92 Å². The van der Waals surface area contributed by atoms with E-state index in [-0.39, 0.29) is 11.5 Å². The van der Waals surface area contributed by atoms with Gasteiger partial charge in [-0.3, -0.25) is 0 Å². The van der Waals surface area contributed by atoms with Gasteiger partial charge in [0.15, 0.2) is 0 Å². The topological polar surface area (TPSA) is 26.0 Å².